The van der Waals surface area contributed by atoms with E-state index in [-0.39, 0.29) is 31.3 Å². The van der Waals surface area contributed by atoms with Gasteiger partial charge in [0.2, 0.25) is 6.79 Å². The van der Waals surface area contributed by atoms with Crippen LogP contribution in [-0.4, -0.2) is 49.8 Å². The fourth-order valence-electron chi connectivity index (χ4n) is 2.54. The molecule has 1 aliphatic heterocycles. The summed E-state index contributed by atoms with van der Waals surface area (Å²) in [6, 6.07) is 5.29. The number of nitrogens with zero attached hydrogens (tertiary/aromatic N) is 2. The molecule has 0 radical (unpaired) electrons. The van der Waals surface area contributed by atoms with E-state index < -0.39 is 28.5 Å². The van der Waals surface area contributed by atoms with E-state index in [1.54, 1.807) is 36.7 Å². The van der Waals surface area contributed by atoms with E-state index in [4.69, 9.17) is 14.2 Å². The van der Waals surface area contributed by atoms with Gasteiger partial charge in [0.1, 0.15) is 5.82 Å². The van der Waals surface area contributed by atoms with E-state index in [1.807, 2.05) is 0 Å². The molecule has 0 spiro atoms. The van der Waals surface area contributed by atoms with Crippen molar-refractivity contribution in [2.75, 3.05) is 19.9 Å². The first-order chi connectivity index (χ1) is 14.2. The molecule has 0 fully saturated rings. The van der Waals surface area contributed by atoms with Crippen LogP contribution in [0, 0.1) is 6.92 Å². The van der Waals surface area contributed by atoms with Gasteiger partial charge in [0.25, 0.3) is 15.9 Å². The van der Waals surface area contributed by atoms with Crippen LogP contribution >= 0.6 is 0 Å². The van der Waals surface area contributed by atoms with Crippen molar-refractivity contribution in [3.8, 4) is 11.5 Å². The van der Waals surface area contributed by atoms with Gasteiger partial charge >= 0.3 is 5.97 Å². The average molecular weight is 438 g/mol. The minimum atomic E-state index is -3.82. The van der Waals surface area contributed by atoms with Gasteiger partial charge in [-0.05, 0) is 24.6 Å². The topological polar surface area (TPSA) is 138 Å². The summed E-state index contributed by atoms with van der Waals surface area (Å²) in [7, 11) is -2.14. The molecule has 2 N–H and O–H groups in total. The lowest BCUT2D eigenvalue weighted by Gasteiger charge is -2.08. The Kier molecular flexibility index (Phi) is 6.57. The average Bonchev–Trinajstić information content (AvgIpc) is 3.31. The van der Waals surface area contributed by atoms with Gasteiger partial charge in [-0.1, -0.05) is 6.07 Å². The largest absolute Gasteiger partial charge is 0.456 e. The lowest BCUT2D eigenvalue weighted by molar-refractivity contribution is -0.148. The van der Waals surface area contributed by atoms with Crippen LogP contribution in [0.15, 0.2) is 29.4 Å². The Morgan fingerprint density at radius 2 is 2.03 bits per heavy atom. The Hall–Kier alpha value is -3.12. The second kappa shape index (κ2) is 9.13. The molecule has 2 heterocycles. The van der Waals surface area contributed by atoms with Gasteiger partial charge in [0, 0.05) is 26.3 Å². The highest BCUT2D eigenvalue weighted by atomic mass is 32.2. The highest BCUT2D eigenvalue weighted by molar-refractivity contribution is 7.89. The van der Waals surface area contributed by atoms with E-state index in [1.165, 1.54) is 6.20 Å². The number of nitrogens with one attached hydrogen (secondary N) is 2. The Morgan fingerprint density at radius 1 is 1.27 bits per heavy atom. The van der Waals surface area contributed by atoms with Crippen molar-refractivity contribution < 1.29 is 32.2 Å². The van der Waals surface area contributed by atoms with Crippen LogP contribution in [0.5, 0.6) is 11.5 Å². The lowest BCUT2D eigenvalue weighted by atomic mass is 10.2. The first-order valence-corrected chi connectivity index (χ1v) is 10.5. The quantitative estimate of drug-likeness (QED) is 0.521. The summed E-state index contributed by atoms with van der Waals surface area (Å²) >= 11 is 0. The zero-order valence-corrected chi connectivity index (χ0v) is 17.3. The van der Waals surface area contributed by atoms with Gasteiger partial charge in [0.15, 0.2) is 23.1 Å². The molecule has 11 nitrogen and oxygen atoms in total. The van der Waals surface area contributed by atoms with Crippen LogP contribution in [-0.2, 0) is 37.9 Å². The number of amides is 1. The predicted molar refractivity (Wildman–Crippen MR) is 103 cm³/mol. The van der Waals surface area contributed by atoms with Crippen LogP contribution in [0.1, 0.15) is 17.8 Å². The smallest absolute Gasteiger partial charge is 0.307 e. The molecule has 0 saturated carbocycles. The van der Waals surface area contributed by atoms with Crippen LogP contribution in [0.4, 0.5) is 0 Å². The zero-order chi connectivity index (χ0) is 21.7. The molecule has 162 valence electrons. The summed E-state index contributed by atoms with van der Waals surface area (Å²) in [6.45, 7) is 1.44. The molecule has 1 amide bonds. The SMILES string of the molecule is Cc1nc(S(=O)(=O)NCCC(=O)OCC(=O)NCc2ccc3c(c2)OCO3)cn1C. The summed E-state index contributed by atoms with van der Waals surface area (Å²) in [5.41, 5.74) is 0.804. The monoisotopic (exact) mass is 438 g/mol. The van der Waals surface area contributed by atoms with Gasteiger partial charge in [0.05, 0.1) is 6.42 Å². The fraction of sp³-hybridized carbons (Fsp3) is 0.389. The number of carbonyl (C=O) groups excluding carboxylic acids is 2. The second-order valence-electron chi connectivity index (χ2n) is 6.51. The van der Waals surface area contributed by atoms with E-state index >= 15 is 0 Å². The summed E-state index contributed by atoms with van der Waals surface area (Å²) in [4.78, 5) is 27.5. The number of aryl methyl sites for hydroxylation is 2. The van der Waals surface area contributed by atoms with Crippen molar-refractivity contribution in [3.63, 3.8) is 0 Å². The number of imidazole rings is 1. The normalized spacial score (nSPS) is 12.6. The van der Waals surface area contributed by atoms with Crippen molar-refractivity contribution in [3.05, 3.63) is 35.8 Å². The molecule has 12 heteroatoms. The molecule has 1 aromatic carbocycles. The molecule has 0 unspecified atom stereocenters. The highest BCUT2D eigenvalue weighted by Gasteiger charge is 2.19. The molecule has 0 atom stereocenters. The molecule has 2 aromatic rings. The summed E-state index contributed by atoms with van der Waals surface area (Å²) in [6.07, 6.45) is 1.15. The van der Waals surface area contributed by atoms with E-state index in [0.29, 0.717) is 17.3 Å². The van der Waals surface area contributed by atoms with E-state index in [2.05, 4.69) is 15.0 Å². The number of esters is 1. The third-order valence-electron chi connectivity index (χ3n) is 4.27. The Bertz CT molecular complexity index is 1030. The number of carbonyl (C=O) groups is 2. The number of hydrogen-bond acceptors (Lipinski definition) is 8. The molecule has 0 bridgehead atoms. The molecular formula is C18H22N4O7S. The molecule has 1 aliphatic rings. The van der Waals surface area contributed by atoms with Gasteiger partial charge in [-0.25, -0.2) is 18.1 Å². The minimum absolute atomic E-state index is 0.126. The van der Waals surface area contributed by atoms with Crippen molar-refractivity contribution in [2.24, 2.45) is 7.05 Å². The van der Waals surface area contributed by atoms with Crippen LogP contribution < -0.4 is 19.5 Å². The van der Waals surface area contributed by atoms with Crippen molar-refractivity contribution in [1.82, 2.24) is 19.6 Å². The van der Waals surface area contributed by atoms with Gasteiger partial charge in [-0.2, -0.15) is 0 Å². The number of hydrogen-bond donors (Lipinski definition) is 2. The van der Waals surface area contributed by atoms with Gasteiger partial charge < -0.3 is 24.1 Å². The maximum absolute atomic E-state index is 12.1. The van der Waals surface area contributed by atoms with E-state index in [0.717, 1.165) is 5.56 Å². The third-order valence-corrected chi connectivity index (χ3v) is 5.61. The maximum Gasteiger partial charge on any atom is 0.307 e. The molecule has 3 rings (SSSR count). The van der Waals surface area contributed by atoms with Crippen LogP contribution in [0.3, 0.4) is 0 Å². The Balaban J connectivity index is 1.35. The third kappa shape index (κ3) is 5.48. The summed E-state index contributed by atoms with van der Waals surface area (Å²) < 4.78 is 43.4. The predicted octanol–water partition coefficient (Wildman–Crippen LogP) is -0.0148. The molecule has 30 heavy (non-hydrogen) atoms. The fourth-order valence-corrected chi connectivity index (χ4v) is 3.61. The lowest BCUT2D eigenvalue weighted by Crippen LogP contribution is -2.30. The first-order valence-electron chi connectivity index (χ1n) is 9.05. The first kappa shape index (κ1) is 21.6. The second-order valence-corrected chi connectivity index (χ2v) is 8.22. The number of rotatable bonds is 9. The Morgan fingerprint density at radius 3 is 2.77 bits per heavy atom. The maximum atomic E-state index is 12.1. The van der Waals surface area contributed by atoms with Crippen molar-refractivity contribution in [1.29, 1.82) is 0 Å². The minimum Gasteiger partial charge on any atom is -0.456 e. The van der Waals surface area contributed by atoms with Crippen molar-refractivity contribution >= 4 is 21.9 Å². The molecular weight excluding hydrogens is 416 g/mol. The number of sulfonamides is 1. The number of benzene rings is 1. The molecule has 1 aromatic heterocycles. The summed E-state index contributed by atoms with van der Waals surface area (Å²) in [5, 5.41) is 2.49. The number of ether oxygens (including phenoxy) is 3. The summed E-state index contributed by atoms with van der Waals surface area (Å²) in [5.74, 6) is 0.615. The molecule has 0 aliphatic carbocycles. The van der Waals surface area contributed by atoms with Gasteiger partial charge in [-0.3, -0.25) is 9.59 Å². The number of aromatic nitrogens is 2. The molecule has 0 saturated heterocycles. The highest BCUT2D eigenvalue weighted by Crippen LogP contribution is 2.32. The standard InChI is InChI=1S/C18H22N4O7S/c1-12-21-17(9-22(12)2)30(25,26)20-6-5-18(24)27-10-16(23)19-8-13-3-4-14-15(7-13)29-11-28-14/h3-4,7,9,20H,5-6,8,10-11H2,1-2H3,(H,19,23). The number of fused-ring (bicyclic) bond motifs is 1. The van der Waals surface area contributed by atoms with Gasteiger partial charge in [-0.15, -0.1) is 0 Å². The van der Waals surface area contributed by atoms with Crippen molar-refractivity contribution in [2.45, 2.75) is 24.9 Å². The van der Waals surface area contributed by atoms with Crippen LogP contribution in [0.2, 0.25) is 0 Å². The Labute approximate surface area is 173 Å². The zero-order valence-electron chi connectivity index (χ0n) is 16.5. The van der Waals surface area contributed by atoms with Crippen LogP contribution in [0.25, 0.3) is 0 Å². The van der Waals surface area contributed by atoms with E-state index in [9.17, 15) is 18.0 Å².